The molecule has 0 radical (unpaired) electrons. The highest BCUT2D eigenvalue weighted by molar-refractivity contribution is 4.88. The molecule has 0 saturated carbocycles. The highest BCUT2D eigenvalue weighted by atomic mass is 16.5. The zero-order valence-electron chi connectivity index (χ0n) is 11.6. The van der Waals surface area contributed by atoms with Gasteiger partial charge < -0.3 is 10.1 Å². The van der Waals surface area contributed by atoms with E-state index < -0.39 is 0 Å². The Morgan fingerprint density at radius 3 is 2.12 bits per heavy atom. The Hall–Kier alpha value is -0.120. The number of morpholine rings is 1. The van der Waals surface area contributed by atoms with E-state index in [9.17, 15) is 0 Å². The molecule has 96 valence electrons. The van der Waals surface area contributed by atoms with Crippen LogP contribution in [0.25, 0.3) is 0 Å². The number of hydrogen-bond acceptors (Lipinski definition) is 3. The monoisotopic (exact) mass is 228 g/mol. The van der Waals surface area contributed by atoms with Crippen molar-refractivity contribution in [1.82, 2.24) is 10.2 Å². The molecule has 0 unspecified atom stereocenters. The van der Waals surface area contributed by atoms with Crippen LogP contribution >= 0.6 is 0 Å². The van der Waals surface area contributed by atoms with Crippen LogP contribution in [0.3, 0.4) is 0 Å². The summed E-state index contributed by atoms with van der Waals surface area (Å²) in [6, 6.07) is 0. The Morgan fingerprint density at radius 2 is 1.62 bits per heavy atom. The quantitative estimate of drug-likeness (QED) is 0.727. The Balaban J connectivity index is 2.36. The predicted molar refractivity (Wildman–Crippen MR) is 68.8 cm³/mol. The SMILES string of the molecule is CNCCCCN1CC(C)(C)OC(C)(C)C1. The van der Waals surface area contributed by atoms with Crippen LogP contribution in [0, 0.1) is 0 Å². The van der Waals surface area contributed by atoms with E-state index in [0.717, 1.165) is 19.6 Å². The minimum atomic E-state index is -0.00917. The summed E-state index contributed by atoms with van der Waals surface area (Å²) in [4.78, 5) is 2.54. The summed E-state index contributed by atoms with van der Waals surface area (Å²) < 4.78 is 6.06. The lowest BCUT2D eigenvalue weighted by molar-refractivity contribution is -0.180. The Morgan fingerprint density at radius 1 is 1.06 bits per heavy atom. The maximum absolute atomic E-state index is 6.06. The molecule has 0 aliphatic carbocycles. The van der Waals surface area contributed by atoms with Crippen LogP contribution in [0.2, 0.25) is 0 Å². The van der Waals surface area contributed by atoms with Crippen molar-refractivity contribution < 1.29 is 4.74 Å². The fraction of sp³-hybridized carbons (Fsp3) is 1.00. The van der Waals surface area contributed by atoms with Crippen LogP contribution < -0.4 is 5.32 Å². The van der Waals surface area contributed by atoms with E-state index in [1.54, 1.807) is 0 Å². The molecule has 1 aliphatic rings. The summed E-state index contributed by atoms with van der Waals surface area (Å²) in [6.45, 7) is 13.2. The molecule has 1 fully saturated rings. The summed E-state index contributed by atoms with van der Waals surface area (Å²) in [5.74, 6) is 0. The molecule has 1 rings (SSSR count). The van der Waals surface area contributed by atoms with Crippen LogP contribution in [0.5, 0.6) is 0 Å². The molecule has 3 nitrogen and oxygen atoms in total. The van der Waals surface area contributed by atoms with Crippen LogP contribution in [0.15, 0.2) is 0 Å². The fourth-order valence-corrected chi connectivity index (χ4v) is 2.74. The van der Waals surface area contributed by atoms with Crippen molar-refractivity contribution in [2.45, 2.75) is 51.7 Å². The fourth-order valence-electron chi connectivity index (χ4n) is 2.74. The lowest BCUT2D eigenvalue weighted by Gasteiger charge is -2.47. The highest BCUT2D eigenvalue weighted by Gasteiger charge is 2.37. The van der Waals surface area contributed by atoms with E-state index in [0.29, 0.717) is 0 Å². The molecular weight excluding hydrogens is 200 g/mol. The van der Waals surface area contributed by atoms with E-state index in [2.05, 4.69) is 37.9 Å². The first kappa shape index (κ1) is 13.9. The second-order valence-electron chi connectivity index (χ2n) is 6.14. The first-order valence-corrected chi connectivity index (χ1v) is 6.42. The van der Waals surface area contributed by atoms with Crippen molar-refractivity contribution in [2.24, 2.45) is 0 Å². The number of rotatable bonds is 5. The van der Waals surface area contributed by atoms with Gasteiger partial charge in [0.15, 0.2) is 0 Å². The first-order chi connectivity index (χ1) is 7.35. The second kappa shape index (κ2) is 5.48. The average Bonchev–Trinajstić information content (AvgIpc) is 2.07. The molecule has 0 atom stereocenters. The van der Waals surface area contributed by atoms with Gasteiger partial charge in [-0.05, 0) is 60.7 Å². The zero-order chi connectivity index (χ0) is 12.2. The summed E-state index contributed by atoms with van der Waals surface area (Å²) in [6.07, 6.45) is 2.53. The number of hydrogen-bond donors (Lipinski definition) is 1. The smallest absolute Gasteiger partial charge is 0.0760 e. The molecule has 0 aromatic carbocycles. The second-order valence-corrected chi connectivity index (χ2v) is 6.14. The number of nitrogens with one attached hydrogen (secondary N) is 1. The first-order valence-electron chi connectivity index (χ1n) is 6.42. The number of unbranched alkanes of at least 4 members (excludes halogenated alkanes) is 1. The van der Waals surface area contributed by atoms with Crippen molar-refractivity contribution in [2.75, 3.05) is 33.2 Å². The largest absolute Gasteiger partial charge is 0.367 e. The van der Waals surface area contributed by atoms with Gasteiger partial charge in [-0.25, -0.2) is 0 Å². The molecular formula is C13H28N2O. The van der Waals surface area contributed by atoms with Gasteiger partial charge in [0, 0.05) is 13.1 Å². The molecule has 1 aliphatic heterocycles. The van der Waals surface area contributed by atoms with Gasteiger partial charge in [0.05, 0.1) is 11.2 Å². The van der Waals surface area contributed by atoms with Crippen molar-refractivity contribution in [3.63, 3.8) is 0 Å². The summed E-state index contributed by atoms with van der Waals surface area (Å²) >= 11 is 0. The van der Waals surface area contributed by atoms with E-state index in [1.807, 2.05) is 7.05 Å². The third-order valence-corrected chi connectivity index (χ3v) is 2.91. The van der Waals surface area contributed by atoms with Crippen molar-refractivity contribution in [3.8, 4) is 0 Å². The minimum absolute atomic E-state index is 0.00917. The van der Waals surface area contributed by atoms with Gasteiger partial charge in [0.1, 0.15) is 0 Å². The molecule has 0 amide bonds. The minimum Gasteiger partial charge on any atom is -0.367 e. The average molecular weight is 228 g/mol. The highest BCUT2D eigenvalue weighted by Crippen LogP contribution is 2.27. The summed E-state index contributed by atoms with van der Waals surface area (Å²) in [5.41, 5.74) is -0.0183. The molecule has 0 aromatic heterocycles. The molecule has 1 heterocycles. The van der Waals surface area contributed by atoms with Crippen LogP contribution in [0.1, 0.15) is 40.5 Å². The third-order valence-electron chi connectivity index (χ3n) is 2.91. The predicted octanol–water partition coefficient (Wildman–Crippen LogP) is 1.88. The van der Waals surface area contributed by atoms with Crippen LogP contribution in [0.4, 0.5) is 0 Å². The van der Waals surface area contributed by atoms with Gasteiger partial charge in [-0.1, -0.05) is 0 Å². The molecule has 1 saturated heterocycles. The van der Waals surface area contributed by atoms with Crippen LogP contribution in [-0.4, -0.2) is 49.3 Å². The van der Waals surface area contributed by atoms with Gasteiger partial charge >= 0.3 is 0 Å². The van der Waals surface area contributed by atoms with Gasteiger partial charge in [-0.15, -0.1) is 0 Å². The summed E-state index contributed by atoms with van der Waals surface area (Å²) in [7, 11) is 2.01. The molecule has 0 bridgehead atoms. The normalized spacial score (nSPS) is 24.6. The standard InChI is InChI=1S/C13H28N2O/c1-12(2)10-15(9-7-6-8-14-5)11-13(3,4)16-12/h14H,6-11H2,1-5H3. The number of nitrogens with zero attached hydrogens (tertiary/aromatic N) is 1. The Bertz CT molecular complexity index is 198. The molecule has 1 N–H and O–H groups in total. The van der Waals surface area contributed by atoms with E-state index in [4.69, 9.17) is 4.74 Å². The van der Waals surface area contributed by atoms with E-state index in [-0.39, 0.29) is 11.2 Å². The molecule has 0 aromatic rings. The van der Waals surface area contributed by atoms with Crippen LogP contribution in [-0.2, 0) is 4.74 Å². The van der Waals surface area contributed by atoms with Gasteiger partial charge in [0.25, 0.3) is 0 Å². The van der Waals surface area contributed by atoms with E-state index >= 15 is 0 Å². The topological polar surface area (TPSA) is 24.5 Å². The van der Waals surface area contributed by atoms with Gasteiger partial charge in [-0.2, -0.15) is 0 Å². The lowest BCUT2D eigenvalue weighted by Crippen LogP contribution is -2.57. The maximum Gasteiger partial charge on any atom is 0.0760 e. The Labute approximate surface area is 101 Å². The lowest BCUT2D eigenvalue weighted by atomic mass is 9.99. The van der Waals surface area contributed by atoms with Gasteiger partial charge in [0.2, 0.25) is 0 Å². The maximum atomic E-state index is 6.06. The molecule has 3 heteroatoms. The zero-order valence-corrected chi connectivity index (χ0v) is 11.6. The number of ether oxygens (including phenoxy) is 1. The van der Waals surface area contributed by atoms with E-state index in [1.165, 1.54) is 19.4 Å². The van der Waals surface area contributed by atoms with Gasteiger partial charge in [-0.3, -0.25) is 4.90 Å². The third kappa shape index (κ3) is 4.81. The van der Waals surface area contributed by atoms with Crippen molar-refractivity contribution in [3.05, 3.63) is 0 Å². The molecule has 16 heavy (non-hydrogen) atoms. The van der Waals surface area contributed by atoms with Crippen molar-refractivity contribution in [1.29, 1.82) is 0 Å². The van der Waals surface area contributed by atoms with Crippen molar-refractivity contribution >= 4 is 0 Å². The summed E-state index contributed by atoms with van der Waals surface area (Å²) in [5, 5.41) is 3.19. The molecule has 0 spiro atoms. The Kier molecular flexibility index (Phi) is 4.77.